The first-order valence-corrected chi connectivity index (χ1v) is 11.7. The number of nitrogens with zero attached hydrogens (tertiary/aromatic N) is 4. The highest BCUT2D eigenvalue weighted by Gasteiger charge is 2.23. The minimum absolute atomic E-state index is 0.0232. The maximum absolute atomic E-state index is 13.1. The Hall–Kier alpha value is -3.22. The molecular weight excluding hydrogens is 434 g/mol. The predicted molar refractivity (Wildman–Crippen MR) is 131 cm³/mol. The summed E-state index contributed by atoms with van der Waals surface area (Å²) < 4.78 is 0. The molecule has 6 nitrogen and oxygen atoms in total. The lowest BCUT2D eigenvalue weighted by Gasteiger charge is -2.34. The number of piperazine rings is 1. The molecule has 2 aromatic carbocycles. The lowest BCUT2D eigenvalue weighted by Crippen LogP contribution is -2.49. The third-order valence-corrected chi connectivity index (χ3v) is 6.40. The van der Waals surface area contributed by atoms with Crippen LogP contribution in [-0.4, -0.2) is 63.4 Å². The van der Waals surface area contributed by atoms with Gasteiger partial charge in [-0.05, 0) is 43.1 Å². The molecule has 0 saturated carbocycles. The highest BCUT2D eigenvalue weighted by molar-refractivity contribution is 6.30. The number of aromatic amines is 1. The van der Waals surface area contributed by atoms with Crippen molar-refractivity contribution in [1.29, 1.82) is 0 Å². The molecule has 1 aliphatic rings. The maximum atomic E-state index is 13.1. The first kappa shape index (κ1) is 21.6. The highest BCUT2D eigenvalue weighted by Crippen LogP contribution is 2.20. The number of nitrogens with one attached hydrogen (secondary N) is 1. The van der Waals surface area contributed by atoms with Crippen LogP contribution in [0.25, 0.3) is 22.4 Å². The van der Waals surface area contributed by atoms with E-state index in [1.807, 2.05) is 53.4 Å². The van der Waals surface area contributed by atoms with Crippen molar-refractivity contribution < 1.29 is 4.79 Å². The molecule has 1 amide bonds. The highest BCUT2D eigenvalue weighted by atomic mass is 35.5. The molecule has 0 radical (unpaired) electrons. The molecule has 0 aliphatic carbocycles. The normalized spacial score (nSPS) is 14.6. The van der Waals surface area contributed by atoms with Crippen molar-refractivity contribution in [2.24, 2.45) is 0 Å². The fourth-order valence-corrected chi connectivity index (χ4v) is 4.39. The smallest absolute Gasteiger partial charge is 0.270 e. The SMILES string of the molecule is O=C(c1cc2cnc(-c3ccccc3)nc2[nH]1)N1CCN(CCCc2ccc(Cl)cc2)CC1. The fraction of sp³-hybridized carbons (Fsp3) is 0.269. The molecule has 0 spiro atoms. The van der Waals surface area contributed by atoms with Crippen molar-refractivity contribution in [1.82, 2.24) is 24.8 Å². The monoisotopic (exact) mass is 459 g/mol. The zero-order chi connectivity index (χ0) is 22.6. The summed E-state index contributed by atoms with van der Waals surface area (Å²) in [5.74, 6) is 0.672. The van der Waals surface area contributed by atoms with Gasteiger partial charge in [0.05, 0.1) is 0 Å². The summed E-state index contributed by atoms with van der Waals surface area (Å²) in [6.45, 7) is 4.29. The molecule has 0 unspecified atom stereocenters. The number of aryl methyl sites for hydroxylation is 1. The van der Waals surface area contributed by atoms with Crippen molar-refractivity contribution in [2.75, 3.05) is 32.7 Å². The summed E-state index contributed by atoms with van der Waals surface area (Å²) in [5, 5.41) is 1.62. The molecule has 5 rings (SSSR count). The third-order valence-electron chi connectivity index (χ3n) is 6.14. The van der Waals surface area contributed by atoms with Gasteiger partial charge in [0.1, 0.15) is 11.3 Å². The minimum atomic E-state index is 0.0232. The van der Waals surface area contributed by atoms with E-state index in [2.05, 4.69) is 32.0 Å². The Morgan fingerprint density at radius 2 is 1.76 bits per heavy atom. The second-order valence-electron chi connectivity index (χ2n) is 8.41. The first-order valence-electron chi connectivity index (χ1n) is 11.3. The van der Waals surface area contributed by atoms with Crippen LogP contribution in [0, 0.1) is 0 Å². The fourth-order valence-electron chi connectivity index (χ4n) is 4.26. The summed E-state index contributed by atoms with van der Waals surface area (Å²) in [4.78, 5) is 29.7. The molecule has 1 N–H and O–H groups in total. The quantitative estimate of drug-likeness (QED) is 0.455. The average molecular weight is 460 g/mol. The van der Waals surface area contributed by atoms with Crippen molar-refractivity contribution in [3.63, 3.8) is 0 Å². The zero-order valence-corrected chi connectivity index (χ0v) is 19.1. The minimum Gasteiger partial charge on any atom is -0.335 e. The first-order chi connectivity index (χ1) is 16.2. The van der Waals surface area contributed by atoms with E-state index in [1.165, 1.54) is 5.56 Å². The van der Waals surface area contributed by atoms with Gasteiger partial charge in [-0.1, -0.05) is 54.1 Å². The van der Waals surface area contributed by atoms with Gasteiger partial charge in [-0.2, -0.15) is 0 Å². The van der Waals surface area contributed by atoms with E-state index in [0.717, 1.165) is 61.5 Å². The van der Waals surface area contributed by atoms with Crippen LogP contribution < -0.4 is 0 Å². The van der Waals surface area contributed by atoms with Gasteiger partial charge in [0.25, 0.3) is 5.91 Å². The summed E-state index contributed by atoms with van der Waals surface area (Å²) in [7, 11) is 0. The molecule has 3 heterocycles. The summed E-state index contributed by atoms with van der Waals surface area (Å²) in [6.07, 6.45) is 3.91. The van der Waals surface area contributed by atoms with E-state index in [9.17, 15) is 4.79 Å². The van der Waals surface area contributed by atoms with E-state index in [-0.39, 0.29) is 5.91 Å². The maximum Gasteiger partial charge on any atom is 0.270 e. The molecule has 1 saturated heterocycles. The third kappa shape index (κ3) is 5.07. The lowest BCUT2D eigenvalue weighted by atomic mass is 10.1. The molecule has 33 heavy (non-hydrogen) atoms. The van der Waals surface area contributed by atoms with E-state index in [4.69, 9.17) is 11.6 Å². The van der Waals surface area contributed by atoms with Gasteiger partial charge in [0.15, 0.2) is 5.82 Å². The van der Waals surface area contributed by atoms with Crippen LogP contribution in [0.5, 0.6) is 0 Å². The number of halogens is 1. The zero-order valence-electron chi connectivity index (χ0n) is 18.4. The summed E-state index contributed by atoms with van der Waals surface area (Å²) >= 11 is 5.96. The Bertz CT molecular complexity index is 1230. The second-order valence-corrected chi connectivity index (χ2v) is 8.85. The molecule has 0 bridgehead atoms. The molecule has 1 fully saturated rings. The Kier molecular flexibility index (Phi) is 6.37. The Labute approximate surface area is 198 Å². The Morgan fingerprint density at radius 3 is 2.52 bits per heavy atom. The van der Waals surface area contributed by atoms with Gasteiger partial charge in [-0.15, -0.1) is 0 Å². The number of carbonyl (C=O) groups excluding carboxylic acids is 1. The average Bonchev–Trinajstić information content (AvgIpc) is 3.29. The number of aromatic nitrogens is 3. The number of carbonyl (C=O) groups is 1. The van der Waals surface area contributed by atoms with Crippen molar-refractivity contribution in [3.8, 4) is 11.4 Å². The van der Waals surface area contributed by atoms with Crippen LogP contribution in [0.15, 0.2) is 66.9 Å². The largest absolute Gasteiger partial charge is 0.335 e. The molecular formula is C26H26ClN5O. The number of fused-ring (bicyclic) bond motifs is 1. The van der Waals surface area contributed by atoms with Crippen molar-refractivity contribution in [2.45, 2.75) is 12.8 Å². The van der Waals surface area contributed by atoms with E-state index in [1.54, 1.807) is 6.20 Å². The molecule has 7 heteroatoms. The molecule has 1 aliphatic heterocycles. The topological polar surface area (TPSA) is 65.1 Å². The predicted octanol–water partition coefficient (Wildman–Crippen LogP) is 4.67. The van der Waals surface area contributed by atoms with Gasteiger partial charge in [-0.25, -0.2) is 9.97 Å². The molecule has 168 valence electrons. The number of amides is 1. The van der Waals surface area contributed by atoms with Gasteiger partial charge in [0.2, 0.25) is 0 Å². The number of H-pyrrole nitrogens is 1. The van der Waals surface area contributed by atoms with Crippen molar-refractivity contribution >= 4 is 28.5 Å². The Balaban J connectivity index is 1.16. The van der Waals surface area contributed by atoms with E-state index in [0.29, 0.717) is 17.2 Å². The lowest BCUT2D eigenvalue weighted by molar-refractivity contribution is 0.0631. The number of hydrogen-bond acceptors (Lipinski definition) is 4. The van der Waals surface area contributed by atoms with Gasteiger partial charge < -0.3 is 9.88 Å². The van der Waals surface area contributed by atoms with Crippen LogP contribution in [0.1, 0.15) is 22.5 Å². The Morgan fingerprint density at radius 1 is 1.00 bits per heavy atom. The van der Waals surface area contributed by atoms with Crippen LogP contribution in [0.2, 0.25) is 5.02 Å². The number of rotatable bonds is 6. The standard InChI is InChI=1S/C26H26ClN5O/c27-22-10-8-19(9-11-22)5-4-12-31-13-15-32(16-14-31)26(33)23-17-21-18-28-24(30-25(21)29-23)20-6-2-1-3-7-20/h1-3,6-11,17-18H,4-5,12-16H2,(H,28,29,30). The summed E-state index contributed by atoms with van der Waals surface area (Å²) in [6, 6.07) is 19.8. The van der Waals surface area contributed by atoms with Gasteiger partial charge in [0, 0.05) is 48.3 Å². The van der Waals surface area contributed by atoms with Crippen LogP contribution in [0.4, 0.5) is 0 Å². The number of benzene rings is 2. The molecule has 4 aromatic rings. The van der Waals surface area contributed by atoms with Crippen LogP contribution >= 0.6 is 11.6 Å². The van der Waals surface area contributed by atoms with Gasteiger partial charge in [-0.3, -0.25) is 9.69 Å². The van der Waals surface area contributed by atoms with Gasteiger partial charge >= 0.3 is 0 Å². The van der Waals surface area contributed by atoms with Crippen LogP contribution in [0.3, 0.4) is 0 Å². The van der Waals surface area contributed by atoms with E-state index < -0.39 is 0 Å². The second kappa shape index (κ2) is 9.73. The number of hydrogen-bond donors (Lipinski definition) is 1. The van der Waals surface area contributed by atoms with E-state index >= 15 is 0 Å². The van der Waals surface area contributed by atoms with Crippen LogP contribution in [-0.2, 0) is 6.42 Å². The summed E-state index contributed by atoms with van der Waals surface area (Å²) in [5.41, 5.74) is 3.52. The van der Waals surface area contributed by atoms with Crippen molar-refractivity contribution in [3.05, 3.63) is 83.1 Å². The molecule has 2 aromatic heterocycles. The molecule has 0 atom stereocenters.